The number of para-hydroxylation sites is 1. The number of nitrogens with zero attached hydrogens (tertiary/aromatic N) is 2. The van der Waals surface area contributed by atoms with Gasteiger partial charge in [-0.3, -0.25) is 4.79 Å². The number of rotatable bonds is 5. The summed E-state index contributed by atoms with van der Waals surface area (Å²) in [5.41, 5.74) is 7.60. The van der Waals surface area contributed by atoms with Gasteiger partial charge in [-0.2, -0.15) is 5.10 Å². The van der Waals surface area contributed by atoms with Crippen LogP contribution in [-0.2, 0) is 4.79 Å². The maximum Gasteiger partial charge on any atom is 0.250 e. The van der Waals surface area contributed by atoms with E-state index in [2.05, 4.69) is 20.5 Å². The Kier molecular flexibility index (Phi) is 5.01. The van der Waals surface area contributed by atoms with Crippen LogP contribution in [0.2, 0.25) is 0 Å². The molecule has 2 N–H and O–H groups in total. The monoisotopic (exact) mass is 358 g/mol. The van der Waals surface area contributed by atoms with Crippen LogP contribution in [-0.4, -0.2) is 27.3 Å². The van der Waals surface area contributed by atoms with Crippen LogP contribution in [0.25, 0.3) is 10.2 Å². The third-order valence-electron chi connectivity index (χ3n) is 3.59. The normalized spacial score (nSPS) is 11.9. The van der Waals surface area contributed by atoms with Gasteiger partial charge in [-0.1, -0.05) is 23.9 Å². The third kappa shape index (κ3) is 3.68. The Morgan fingerprint density at radius 3 is 2.88 bits per heavy atom. The summed E-state index contributed by atoms with van der Waals surface area (Å²) in [6.07, 6.45) is 1.94. The Morgan fingerprint density at radius 2 is 2.17 bits per heavy atom. The minimum absolute atomic E-state index is 0.135. The molecule has 0 aliphatic heterocycles. The number of thioether (sulfide) groups is 1. The molecule has 5 nitrogen and oxygen atoms in total. The van der Waals surface area contributed by atoms with E-state index < -0.39 is 0 Å². The van der Waals surface area contributed by atoms with Gasteiger partial charge in [0.1, 0.15) is 0 Å². The first-order valence-electron chi connectivity index (χ1n) is 7.51. The van der Waals surface area contributed by atoms with Gasteiger partial charge in [0.25, 0.3) is 5.91 Å². The smallest absolute Gasteiger partial charge is 0.250 e. The van der Waals surface area contributed by atoms with Gasteiger partial charge in [0.05, 0.1) is 21.7 Å². The van der Waals surface area contributed by atoms with E-state index in [1.165, 1.54) is 11.8 Å². The first-order chi connectivity index (χ1) is 11.5. The van der Waals surface area contributed by atoms with E-state index >= 15 is 0 Å². The van der Waals surface area contributed by atoms with E-state index in [1.54, 1.807) is 11.3 Å². The van der Waals surface area contributed by atoms with Crippen LogP contribution in [0.3, 0.4) is 0 Å². The van der Waals surface area contributed by atoms with Gasteiger partial charge in [0, 0.05) is 17.5 Å². The Morgan fingerprint density at radius 1 is 1.38 bits per heavy atom. The predicted molar refractivity (Wildman–Crippen MR) is 101 cm³/mol. The first kappa shape index (κ1) is 16.7. The molecule has 1 aromatic carbocycles. The lowest BCUT2D eigenvalue weighted by Crippen LogP contribution is -2.21. The van der Waals surface area contributed by atoms with E-state index in [0.717, 1.165) is 37.1 Å². The number of fused-ring (bicyclic) bond motifs is 1. The number of hydrogen-bond donors (Lipinski definition) is 2. The van der Waals surface area contributed by atoms with Crippen LogP contribution in [0, 0.1) is 13.8 Å². The average molecular weight is 358 g/mol. The van der Waals surface area contributed by atoms with Crippen LogP contribution in [0.15, 0.2) is 39.9 Å². The van der Waals surface area contributed by atoms with E-state index in [4.69, 9.17) is 0 Å². The first-order valence-corrected chi connectivity index (χ1v) is 9.31. The van der Waals surface area contributed by atoms with Crippen LogP contribution in [0.1, 0.15) is 23.7 Å². The van der Waals surface area contributed by atoms with E-state index in [0.29, 0.717) is 5.75 Å². The molecule has 2 aromatic heterocycles. The van der Waals surface area contributed by atoms with Crippen molar-refractivity contribution in [1.29, 1.82) is 0 Å². The van der Waals surface area contributed by atoms with Crippen LogP contribution < -0.4 is 5.43 Å². The van der Waals surface area contributed by atoms with Crippen molar-refractivity contribution in [3.05, 3.63) is 47.3 Å². The number of aromatic nitrogens is 2. The third-order valence-corrected chi connectivity index (χ3v) is 5.76. The fourth-order valence-corrected chi connectivity index (χ4v) is 4.35. The van der Waals surface area contributed by atoms with Crippen LogP contribution in [0.5, 0.6) is 0 Å². The number of aromatic amines is 1. The second kappa shape index (κ2) is 7.19. The largest absolute Gasteiger partial charge is 0.364 e. The molecular weight excluding hydrogens is 340 g/mol. The van der Waals surface area contributed by atoms with E-state index in [1.807, 2.05) is 51.2 Å². The highest BCUT2D eigenvalue weighted by Gasteiger charge is 2.10. The lowest BCUT2D eigenvalue weighted by Gasteiger charge is -2.03. The topological polar surface area (TPSA) is 70.1 Å². The van der Waals surface area contributed by atoms with Gasteiger partial charge < -0.3 is 4.98 Å². The number of amides is 1. The number of H-pyrrole nitrogens is 1. The summed E-state index contributed by atoms with van der Waals surface area (Å²) in [6.45, 7) is 5.90. The molecule has 3 rings (SSSR count). The second-order valence-corrected chi connectivity index (χ2v) is 7.69. The zero-order valence-electron chi connectivity index (χ0n) is 13.7. The summed E-state index contributed by atoms with van der Waals surface area (Å²) in [7, 11) is 0. The number of nitrogens with one attached hydrogen (secondary N) is 2. The second-order valence-electron chi connectivity index (χ2n) is 5.44. The van der Waals surface area contributed by atoms with Gasteiger partial charge >= 0.3 is 0 Å². The summed E-state index contributed by atoms with van der Waals surface area (Å²) >= 11 is 3.03. The maximum absolute atomic E-state index is 12.0. The zero-order valence-corrected chi connectivity index (χ0v) is 15.3. The molecule has 7 heteroatoms. The molecule has 124 valence electrons. The fourth-order valence-electron chi connectivity index (χ4n) is 2.49. The number of aryl methyl sites for hydroxylation is 2. The Labute approximate surface area is 148 Å². The van der Waals surface area contributed by atoms with Crippen molar-refractivity contribution < 1.29 is 4.79 Å². The molecule has 0 aliphatic carbocycles. The van der Waals surface area contributed by atoms with Crippen LogP contribution >= 0.6 is 23.1 Å². The Hall–Kier alpha value is -2.12. The molecule has 0 saturated carbocycles. The molecule has 0 radical (unpaired) electrons. The van der Waals surface area contributed by atoms with Gasteiger partial charge in [0.15, 0.2) is 4.34 Å². The molecule has 0 saturated heterocycles. The summed E-state index contributed by atoms with van der Waals surface area (Å²) in [5.74, 6) is 0.159. The van der Waals surface area contributed by atoms with Crippen molar-refractivity contribution in [2.24, 2.45) is 5.10 Å². The highest BCUT2D eigenvalue weighted by atomic mass is 32.2. The standard InChI is InChI=1S/C17H18N4OS2/c1-10-8-18-11(2)16(10)12(3)20-21-15(22)9-23-17-19-13-6-4-5-7-14(13)24-17/h4-8,18H,9H2,1-3H3,(H,21,22)/b20-12+. The minimum atomic E-state index is -0.135. The molecular formula is C17H18N4OS2. The Balaban J connectivity index is 1.58. The molecule has 1 amide bonds. The molecule has 2 heterocycles. The van der Waals surface area contributed by atoms with Crippen molar-refractivity contribution >= 4 is 44.9 Å². The minimum Gasteiger partial charge on any atom is -0.364 e. The highest BCUT2D eigenvalue weighted by molar-refractivity contribution is 8.01. The van der Waals surface area contributed by atoms with Gasteiger partial charge in [-0.25, -0.2) is 10.4 Å². The molecule has 0 fully saturated rings. The van der Waals surface area contributed by atoms with Gasteiger partial charge in [0.2, 0.25) is 0 Å². The number of carbonyl (C=O) groups is 1. The SMILES string of the molecule is C/C(=N\NC(=O)CSc1nc2ccccc2s1)c1c(C)c[nH]c1C. The molecule has 3 aromatic rings. The Bertz CT molecular complexity index is 858. The highest BCUT2D eigenvalue weighted by Crippen LogP contribution is 2.29. The number of hydrogen-bond acceptors (Lipinski definition) is 5. The molecule has 0 atom stereocenters. The zero-order chi connectivity index (χ0) is 17.1. The predicted octanol–water partition coefficient (Wildman–Crippen LogP) is 3.87. The lowest BCUT2D eigenvalue weighted by molar-refractivity contribution is -0.118. The molecule has 24 heavy (non-hydrogen) atoms. The number of hydrazone groups is 1. The number of carbonyl (C=O) groups excluding carboxylic acids is 1. The summed E-state index contributed by atoms with van der Waals surface area (Å²) in [6, 6.07) is 7.97. The quantitative estimate of drug-likeness (QED) is 0.413. The van der Waals surface area contributed by atoms with Crippen molar-refractivity contribution in [2.75, 3.05) is 5.75 Å². The maximum atomic E-state index is 12.0. The summed E-state index contributed by atoms with van der Waals surface area (Å²) < 4.78 is 2.03. The lowest BCUT2D eigenvalue weighted by atomic mass is 10.1. The van der Waals surface area contributed by atoms with E-state index in [9.17, 15) is 4.79 Å². The fraction of sp³-hybridized carbons (Fsp3) is 0.235. The summed E-state index contributed by atoms with van der Waals surface area (Å²) in [5, 5.41) is 4.21. The van der Waals surface area contributed by atoms with Crippen LogP contribution in [0.4, 0.5) is 0 Å². The number of benzene rings is 1. The van der Waals surface area contributed by atoms with E-state index in [-0.39, 0.29) is 5.91 Å². The van der Waals surface area contributed by atoms with Crippen molar-refractivity contribution in [3.63, 3.8) is 0 Å². The molecule has 0 spiro atoms. The number of thiazole rings is 1. The van der Waals surface area contributed by atoms with Crippen molar-refractivity contribution in [1.82, 2.24) is 15.4 Å². The summed E-state index contributed by atoms with van der Waals surface area (Å²) in [4.78, 5) is 19.7. The van der Waals surface area contributed by atoms with Crippen molar-refractivity contribution in [3.8, 4) is 0 Å². The molecule has 0 bridgehead atoms. The van der Waals surface area contributed by atoms with Gasteiger partial charge in [-0.15, -0.1) is 11.3 Å². The molecule has 0 aliphatic rings. The van der Waals surface area contributed by atoms with Gasteiger partial charge in [-0.05, 0) is 38.5 Å². The average Bonchev–Trinajstić information content (AvgIpc) is 3.13. The van der Waals surface area contributed by atoms with Crippen molar-refractivity contribution in [2.45, 2.75) is 25.1 Å². The molecule has 0 unspecified atom stereocenters.